The van der Waals surface area contributed by atoms with E-state index in [9.17, 15) is 18.0 Å². The van der Waals surface area contributed by atoms with Crippen molar-refractivity contribution in [3.8, 4) is 0 Å². The first-order valence-corrected chi connectivity index (χ1v) is 16.3. The smallest absolute Gasteiger partial charge is 0.264 e. The lowest BCUT2D eigenvalue weighted by Crippen LogP contribution is -2.53. The van der Waals surface area contributed by atoms with Crippen LogP contribution in [0.15, 0.2) is 77.7 Å². The van der Waals surface area contributed by atoms with Crippen molar-refractivity contribution in [3.05, 3.63) is 94.0 Å². The average Bonchev–Trinajstić information content (AvgIpc) is 2.97. The highest BCUT2D eigenvalue weighted by Crippen LogP contribution is 2.28. The SMILES string of the molecule is CC[C@H](C(=O)N[C@@H](C)CC)N(Cc1ccc(Cl)cc1Cl)C(=O)CN(c1ccc(C(C)C)cc1)S(=O)(=O)c1ccccc1. The third-order valence-corrected chi connectivity index (χ3v) is 9.58. The number of nitrogens with zero attached hydrogens (tertiary/aromatic N) is 2. The minimum atomic E-state index is -4.14. The van der Waals surface area contributed by atoms with Crippen molar-refractivity contribution >= 4 is 50.7 Å². The van der Waals surface area contributed by atoms with E-state index in [4.69, 9.17) is 23.2 Å². The van der Waals surface area contributed by atoms with Crippen LogP contribution < -0.4 is 9.62 Å². The van der Waals surface area contributed by atoms with Gasteiger partial charge in [0, 0.05) is 22.6 Å². The maximum atomic E-state index is 14.2. The van der Waals surface area contributed by atoms with Gasteiger partial charge in [-0.1, -0.05) is 87.3 Å². The van der Waals surface area contributed by atoms with Gasteiger partial charge in [-0.2, -0.15) is 0 Å². The highest BCUT2D eigenvalue weighted by Gasteiger charge is 2.34. The van der Waals surface area contributed by atoms with Gasteiger partial charge < -0.3 is 10.2 Å². The van der Waals surface area contributed by atoms with Crippen molar-refractivity contribution < 1.29 is 18.0 Å². The van der Waals surface area contributed by atoms with Gasteiger partial charge in [0.1, 0.15) is 12.6 Å². The molecule has 1 N–H and O–H groups in total. The normalized spacial score (nSPS) is 13.0. The molecule has 10 heteroatoms. The molecule has 3 rings (SSSR count). The number of halogens is 2. The monoisotopic (exact) mass is 631 g/mol. The lowest BCUT2D eigenvalue weighted by Gasteiger charge is -2.34. The second kappa shape index (κ2) is 14.9. The molecule has 0 aliphatic heterocycles. The van der Waals surface area contributed by atoms with E-state index in [1.807, 2.05) is 46.8 Å². The Balaban J connectivity index is 2.08. The molecule has 7 nitrogen and oxygen atoms in total. The zero-order valence-corrected chi connectivity index (χ0v) is 27.0. The van der Waals surface area contributed by atoms with Gasteiger partial charge in [-0.3, -0.25) is 13.9 Å². The number of sulfonamides is 1. The number of carbonyl (C=O) groups is 2. The zero-order valence-electron chi connectivity index (χ0n) is 24.7. The van der Waals surface area contributed by atoms with Crippen LogP contribution in [-0.4, -0.2) is 43.8 Å². The topological polar surface area (TPSA) is 86.8 Å². The van der Waals surface area contributed by atoms with Gasteiger partial charge in [0.2, 0.25) is 11.8 Å². The molecule has 0 aromatic heterocycles. The van der Waals surface area contributed by atoms with Gasteiger partial charge >= 0.3 is 0 Å². The van der Waals surface area contributed by atoms with Gasteiger partial charge in [0.15, 0.2) is 0 Å². The molecule has 3 aromatic rings. The highest BCUT2D eigenvalue weighted by atomic mass is 35.5. The van der Waals surface area contributed by atoms with Gasteiger partial charge in [0.25, 0.3) is 10.0 Å². The Morgan fingerprint density at radius 2 is 1.52 bits per heavy atom. The summed E-state index contributed by atoms with van der Waals surface area (Å²) >= 11 is 12.6. The summed E-state index contributed by atoms with van der Waals surface area (Å²) in [5.41, 5.74) is 1.97. The number of benzene rings is 3. The van der Waals surface area contributed by atoms with Crippen molar-refractivity contribution in [1.29, 1.82) is 0 Å². The lowest BCUT2D eigenvalue weighted by molar-refractivity contribution is -0.140. The molecule has 0 spiro atoms. The molecule has 0 aliphatic carbocycles. The van der Waals surface area contributed by atoms with Crippen LogP contribution in [0.3, 0.4) is 0 Å². The van der Waals surface area contributed by atoms with Crippen molar-refractivity contribution in [1.82, 2.24) is 10.2 Å². The fourth-order valence-corrected chi connectivity index (χ4v) is 6.37. The molecular formula is C32H39Cl2N3O4S. The zero-order chi connectivity index (χ0) is 31.0. The number of anilines is 1. The van der Waals surface area contributed by atoms with Crippen LogP contribution in [0, 0.1) is 0 Å². The number of carbonyl (C=O) groups excluding carboxylic acids is 2. The van der Waals surface area contributed by atoms with Crippen LogP contribution in [0.5, 0.6) is 0 Å². The van der Waals surface area contributed by atoms with E-state index in [-0.39, 0.29) is 29.3 Å². The highest BCUT2D eigenvalue weighted by molar-refractivity contribution is 7.92. The minimum absolute atomic E-state index is 0.00716. The Labute approximate surface area is 259 Å². The molecule has 3 aromatic carbocycles. The van der Waals surface area contributed by atoms with Gasteiger partial charge in [-0.15, -0.1) is 0 Å². The van der Waals surface area contributed by atoms with E-state index in [0.717, 1.165) is 9.87 Å². The molecule has 2 atom stereocenters. The summed E-state index contributed by atoms with van der Waals surface area (Å²) < 4.78 is 29.0. The first-order valence-electron chi connectivity index (χ1n) is 14.1. The molecule has 0 heterocycles. The number of hydrogen-bond acceptors (Lipinski definition) is 4. The summed E-state index contributed by atoms with van der Waals surface area (Å²) in [5.74, 6) is -0.613. The molecule has 0 saturated heterocycles. The Kier molecular flexibility index (Phi) is 11.9. The molecule has 0 radical (unpaired) electrons. The van der Waals surface area contributed by atoms with Crippen LogP contribution in [0.25, 0.3) is 0 Å². The number of hydrogen-bond donors (Lipinski definition) is 1. The summed E-state index contributed by atoms with van der Waals surface area (Å²) in [4.78, 5) is 29.1. The molecule has 0 unspecified atom stereocenters. The maximum Gasteiger partial charge on any atom is 0.264 e. The largest absolute Gasteiger partial charge is 0.352 e. The second-order valence-electron chi connectivity index (χ2n) is 10.6. The summed E-state index contributed by atoms with van der Waals surface area (Å²) in [5, 5.41) is 3.75. The quantitative estimate of drug-likeness (QED) is 0.219. The Morgan fingerprint density at radius 3 is 2.07 bits per heavy atom. The van der Waals surface area contributed by atoms with E-state index in [0.29, 0.717) is 34.1 Å². The predicted molar refractivity (Wildman–Crippen MR) is 170 cm³/mol. The van der Waals surface area contributed by atoms with Crippen molar-refractivity contribution in [2.45, 2.75) is 76.9 Å². The van der Waals surface area contributed by atoms with E-state index in [2.05, 4.69) is 5.32 Å². The van der Waals surface area contributed by atoms with E-state index in [1.54, 1.807) is 48.5 Å². The molecule has 0 aliphatic rings. The first-order chi connectivity index (χ1) is 19.9. The fraction of sp³-hybridized carbons (Fsp3) is 0.375. The van der Waals surface area contributed by atoms with Crippen LogP contribution in [-0.2, 0) is 26.2 Å². The maximum absolute atomic E-state index is 14.2. The molecule has 0 fully saturated rings. The summed E-state index contributed by atoms with van der Waals surface area (Å²) in [6.07, 6.45) is 1.03. The molecule has 0 saturated carbocycles. The molecule has 226 valence electrons. The third kappa shape index (κ3) is 8.27. The first kappa shape index (κ1) is 33.4. The van der Waals surface area contributed by atoms with Crippen LogP contribution in [0.2, 0.25) is 10.0 Å². The molecule has 0 bridgehead atoms. The fourth-order valence-electron chi connectivity index (χ4n) is 4.47. The van der Waals surface area contributed by atoms with Gasteiger partial charge in [-0.25, -0.2) is 8.42 Å². The van der Waals surface area contributed by atoms with Gasteiger partial charge in [-0.05, 0) is 73.2 Å². The van der Waals surface area contributed by atoms with Gasteiger partial charge in [0.05, 0.1) is 10.6 Å². The third-order valence-electron chi connectivity index (χ3n) is 7.20. The van der Waals surface area contributed by atoms with Crippen LogP contribution in [0.4, 0.5) is 5.69 Å². The van der Waals surface area contributed by atoms with E-state index >= 15 is 0 Å². The van der Waals surface area contributed by atoms with Crippen LogP contribution in [0.1, 0.15) is 64.5 Å². The molecule has 42 heavy (non-hydrogen) atoms. The summed E-state index contributed by atoms with van der Waals surface area (Å²) in [6, 6.07) is 19.1. The summed E-state index contributed by atoms with van der Waals surface area (Å²) in [6.45, 7) is 9.23. The number of nitrogens with one attached hydrogen (secondary N) is 1. The minimum Gasteiger partial charge on any atom is -0.352 e. The Morgan fingerprint density at radius 1 is 0.881 bits per heavy atom. The van der Waals surface area contributed by atoms with Crippen molar-refractivity contribution in [3.63, 3.8) is 0 Å². The predicted octanol–water partition coefficient (Wildman–Crippen LogP) is 7.03. The van der Waals surface area contributed by atoms with E-state index < -0.39 is 28.5 Å². The number of rotatable bonds is 13. The summed E-state index contributed by atoms with van der Waals surface area (Å²) in [7, 11) is -4.14. The Hall–Kier alpha value is -3.07. The van der Waals surface area contributed by atoms with Crippen molar-refractivity contribution in [2.24, 2.45) is 0 Å². The number of amides is 2. The van der Waals surface area contributed by atoms with E-state index in [1.165, 1.54) is 17.0 Å². The molecular weight excluding hydrogens is 593 g/mol. The lowest BCUT2D eigenvalue weighted by atomic mass is 10.0. The Bertz CT molecular complexity index is 1460. The van der Waals surface area contributed by atoms with Crippen molar-refractivity contribution in [2.75, 3.05) is 10.8 Å². The second-order valence-corrected chi connectivity index (χ2v) is 13.3. The van der Waals surface area contributed by atoms with Crippen LogP contribution >= 0.6 is 23.2 Å². The average molecular weight is 633 g/mol. The molecule has 2 amide bonds. The standard InChI is InChI=1S/C32H39Cl2N3O4S/c1-6-23(5)35-32(39)30(7-2)36(20-25-13-16-26(33)19-29(25)34)31(38)21-37(27-17-14-24(15-18-27)22(3)4)42(40,41)28-11-9-8-10-12-28/h8-19,22-23,30H,6-7,20-21H2,1-5H3,(H,35,39)/t23-,30+/m0/s1.